The maximum Gasteiger partial charge on any atom is 0.338 e. The van der Waals surface area contributed by atoms with Gasteiger partial charge >= 0.3 is 5.97 Å². The maximum atomic E-state index is 13.3. The van der Waals surface area contributed by atoms with E-state index in [4.69, 9.17) is 14.6 Å². The molecule has 1 heterocycles. The fraction of sp³-hybridized carbons (Fsp3) is 0.0714. The maximum absolute atomic E-state index is 13.3. The van der Waals surface area contributed by atoms with E-state index in [-0.39, 0.29) is 12.4 Å². The van der Waals surface area contributed by atoms with Crippen LogP contribution in [0.4, 0.5) is 4.39 Å². The Labute approximate surface area is 108 Å². The molecular formula is C14H9FO4. The van der Waals surface area contributed by atoms with Gasteiger partial charge in [-0.25, -0.2) is 9.18 Å². The summed E-state index contributed by atoms with van der Waals surface area (Å²) in [5.41, 5.74) is 0.999. The summed E-state index contributed by atoms with van der Waals surface area (Å²) in [6.45, 7) is 0.169. The summed E-state index contributed by atoms with van der Waals surface area (Å²) in [6, 6.07) is 9.22. The van der Waals surface area contributed by atoms with E-state index < -0.39 is 11.8 Å². The predicted molar refractivity (Wildman–Crippen MR) is 64.9 cm³/mol. The van der Waals surface area contributed by atoms with Crippen LogP contribution in [0.25, 0.3) is 11.1 Å². The third-order valence-corrected chi connectivity index (χ3v) is 2.90. The highest BCUT2D eigenvalue weighted by Crippen LogP contribution is 2.36. The third kappa shape index (κ3) is 1.99. The molecule has 96 valence electrons. The minimum atomic E-state index is -1.29. The van der Waals surface area contributed by atoms with Gasteiger partial charge < -0.3 is 14.6 Å². The van der Waals surface area contributed by atoms with Crippen LogP contribution in [-0.4, -0.2) is 17.9 Å². The molecule has 4 nitrogen and oxygen atoms in total. The number of carbonyl (C=O) groups is 1. The van der Waals surface area contributed by atoms with Crippen LogP contribution in [0.5, 0.6) is 11.5 Å². The van der Waals surface area contributed by atoms with Gasteiger partial charge in [-0.05, 0) is 35.4 Å². The van der Waals surface area contributed by atoms with Crippen LogP contribution in [0.1, 0.15) is 10.4 Å². The Bertz CT molecular complexity index is 666. The fourth-order valence-corrected chi connectivity index (χ4v) is 1.94. The summed E-state index contributed by atoms with van der Waals surface area (Å²) in [5, 5.41) is 8.91. The molecule has 0 saturated carbocycles. The largest absolute Gasteiger partial charge is 0.478 e. The molecule has 3 rings (SSSR count). The second kappa shape index (κ2) is 4.28. The average molecular weight is 260 g/mol. The van der Waals surface area contributed by atoms with Gasteiger partial charge in [0.25, 0.3) is 0 Å². The minimum absolute atomic E-state index is 0.169. The molecule has 0 saturated heterocycles. The zero-order valence-corrected chi connectivity index (χ0v) is 9.72. The van der Waals surface area contributed by atoms with Gasteiger partial charge in [-0.1, -0.05) is 12.1 Å². The predicted octanol–water partition coefficient (Wildman–Crippen LogP) is 2.92. The van der Waals surface area contributed by atoms with Gasteiger partial charge in [0, 0.05) is 0 Å². The third-order valence-electron chi connectivity index (χ3n) is 2.90. The Kier molecular flexibility index (Phi) is 2.59. The lowest BCUT2D eigenvalue weighted by Crippen LogP contribution is -2.00. The SMILES string of the molecule is O=C(O)c1cc(-c2ccc3c(c2)OCO3)ccc1F. The standard InChI is InChI=1S/C14H9FO4/c15-11-3-1-8(5-10(11)14(16)17)9-2-4-12-13(6-9)19-7-18-12/h1-6H,7H2,(H,16,17). The van der Waals surface area contributed by atoms with Crippen molar-refractivity contribution >= 4 is 5.97 Å². The zero-order chi connectivity index (χ0) is 13.4. The molecular weight excluding hydrogens is 251 g/mol. The van der Waals surface area contributed by atoms with Crippen molar-refractivity contribution in [2.45, 2.75) is 0 Å². The van der Waals surface area contributed by atoms with Crippen molar-refractivity contribution in [1.29, 1.82) is 0 Å². The molecule has 0 unspecified atom stereocenters. The van der Waals surface area contributed by atoms with E-state index in [0.717, 1.165) is 11.6 Å². The Hall–Kier alpha value is -2.56. The number of hydrogen-bond donors (Lipinski definition) is 1. The minimum Gasteiger partial charge on any atom is -0.478 e. The van der Waals surface area contributed by atoms with Gasteiger partial charge in [0.2, 0.25) is 6.79 Å². The molecule has 0 radical (unpaired) electrons. The molecule has 0 atom stereocenters. The molecule has 0 amide bonds. The van der Waals surface area contributed by atoms with Gasteiger partial charge in [0.1, 0.15) is 5.82 Å². The quantitative estimate of drug-likeness (QED) is 0.902. The van der Waals surface area contributed by atoms with Crippen molar-refractivity contribution in [3.63, 3.8) is 0 Å². The normalized spacial score (nSPS) is 12.5. The number of aromatic carboxylic acids is 1. The molecule has 2 aromatic rings. The molecule has 0 spiro atoms. The Balaban J connectivity index is 2.07. The van der Waals surface area contributed by atoms with E-state index in [9.17, 15) is 9.18 Å². The van der Waals surface area contributed by atoms with Crippen LogP contribution in [0.3, 0.4) is 0 Å². The highest BCUT2D eigenvalue weighted by Gasteiger charge is 2.16. The van der Waals surface area contributed by atoms with E-state index in [2.05, 4.69) is 0 Å². The highest BCUT2D eigenvalue weighted by atomic mass is 19.1. The van der Waals surface area contributed by atoms with Gasteiger partial charge in [-0.15, -0.1) is 0 Å². The van der Waals surface area contributed by atoms with Crippen molar-refractivity contribution in [1.82, 2.24) is 0 Å². The van der Waals surface area contributed by atoms with Crippen LogP contribution in [0.2, 0.25) is 0 Å². The number of carboxylic acid groups (broad SMARTS) is 1. The number of hydrogen-bond acceptors (Lipinski definition) is 3. The lowest BCUT2D eigenvalue weighted by atomic mass is 10.0. The van der Waals surface area contributed by atoms with E-state index >= 15 is 0 Å². The Morgan fingerprint density at radius 1 is 1.05 bits per heavy atom. The summed E-state index contributed by atoms with van der Waals surface area (Å²) in [7, 11) is 0. The first kappa shape index (κ1) is 11.5. The summed E-state index contributed by atoms with van der Waals surface area (Å²) in [4.78, 5) is 10.9. The van der Waals surface area contributed by atoms with Crippen molar-refractivity contribution in [2.75, 3.05) is 6.79 Å². The van der Waals surface area contributed by atoms with Crippen molar-refractivity contribution in [3.05, 3.63) is 47.8 Å². The Morgan fingerprint density at radius 2 is 1.74 bits per heavy atom. The van der Waals surface area contributed by atoms with E-state index in [1.165, 1.54) is 12.1 Å². The summed E-state index contributed by atoms with van der Waals surface area (Å²) >= 11 is 0. The van der Waals surface area contributed by atoms with E-state index in [1.54, 1.807) is 18.2 Å². The van der Waals surface area contributed by atoms with E-state index in [1.807, 2.05) is 0 Å². The van der Waals surface area contributed by atoms with E-state index in [0.29, 0.717) is 17.1 Å². The smallest absolute Gasteiger partial charge is 0.338 e. The van der Waals surface area contributed by atoms with Crippen molar-refractivity contribution < 1.29 is 23.8 Å². The van der Waals surface area contributed by atoms with Crippen LogP contribution in [0, 0.1) is 5.82 Å². The first-order valence-electron chi connectivity index (χ1n) is 5.58. The van der Waals surface area contributed by atoms with Crippen LogP contribution >= 0.6 is 0 Å². The number of benzene rings is 2. The van der Waals surface area contributed by atoms with Gasteiger partial charge in [0.15, 0.2) is 11.5 Å². The first-order valence-corrected chi connectivity index (χ1v) is 5.58. The van der Waals surface area contributed by atoms with Gasteiger partial charge in [-0.2, -0.15) is 0 Å². The second-order valence-corrected chi connectivity index (χ2v) is 4.07. The lowest BCUT2D eigenvalue weighted by molar-refractivity contribution is 0.0692. The lowest BCUT2D eigenvalue weighted by Gasteiger charge is -2.05. The van der Waals surface area contributed by atoms with Crippen molar-refractivity contribution in [3.8, 4) is 22.6 Å². The molecule has 0 aromatic heterocycles. The average Bonchev–Trinajstić information content (AvgIpc) is 2.86. The number of fused-ring (bicyclic) bond motifs is 1. The molecule has 0 aliphatic carbocycles. The number of halogens is 1. The second-order valence-electron chi connectivity index (χ2n) is 4.07. The molecule has 0 fully saturated rings. The van der Waals surface area contributed by atoms with Crippen LogP contribution in [0.15, 0.2) is 36.4 Å². The summed E-state index contributed by atoms with van der Waals surface area (Å²) in [5.74, 6) is -0.805. The molecule has 1 aliphatic heterocycles. The number of carboxylic acids is 1. The molecule has 5 heteroatoms. The van der Waals surface area contributed by atoms with Gasteiger partial charge in [0.05, 0.1) is 5.56 Å². The summed E-state index contributed by atoms with van der Waals surface area (Å²) < 4.78 is 23.8. The molecule has 19 heavy (non-hydrogen) atoms. The summed E-state index contributed by atoms with van der Waals surface area (Å²) in [6.07, 6.45) is 0. The topological polar surface area (TPSA) is 55.8 Å². The zero-order valence-electron chi connectivity index (χ0n) is 9.72. The number of ether oxygens (including phenoxy) is 2. The molecule has 2 aromatic carbocycles. The fourth-order valence-electron chi connectivity index (χ4n) is 1.94. The monoisotopic (exact) mass is 260 g/mol. The van der Waals surface area contributed by atoms with Crippen LogP contribution in [-0.2, 0) is 0 Å². The molecule has 0 bridgehead atoms. The highest BCUT2D eigenvalue weighted by molar-refractivity contribution is 5.89. The Morgan fingerprint density at radius 3 is 2.53 bits per heavy atom. The first-order chi connectivity index (χ1) is 9.15. The van der Waals surface area contributed by atoms with Crippen molar-refractivity contribution in [2.24, 2.45) is 0 Å². The molecule has 1 N–H and O–H groups in total. The molecule has 1 aliphatic rings. The number of rotatable bonds is 2. The van der Waals surface area contributed by atoms with Gasteiger partial charge in [-0.3, -0.25) is 0 Å². The van der Waals surface area contributed by atoms with Crippen LogP contribution < -0.4 is 9.47 Å².